The van der Waals surface area contributed by atoms with Gasteiger partial charge in [0, 0.05) is 13.1 Å². The van der Waals surface area contributed by atoms with Crippen LogP contribution in [0.15, 0.2) is 12.2 Å². The van der Waals surface area contributed by atoms with E-state index in [1.165, 1.54) is 4.90 Å². The third-order valence-electron chi connectivity index (χ3n) is 4.04. The first-order chi connectivity index (χ1) is 8.77. The van der Waals surface area contributed by atoms with E-state index in [1.807, 2.05) is 12.2 Å². The molecule has 0 spiro atoms. The van der Waals surface area contributed by atoms with E-state index >= 15 is 0 Å². The molecule has 98 valence electrons. The van der Waals surface area contributed by atoms with Crippen LogP contribution in [-0.2, 0) is 14.3 Å². The molecule has 18 heavy (non-hydrogen) atoms. The van der Waals surface area contributed by atoms with E-state index in [0.717, 1.165) is 25.9 Å². The highest BCUT2D eigenvalue weighted by Gasteiger charge is 2.47. The maximum atomic E-state index is 12.2. The number of morpholine rings is 1. The lowest BCUT2D eigenvalue weighted by Crippen LogP contribution is -2.46. The van der Waals surface area contributed by atoms with Gasteiger partial charge in [0.1, 0.15) is 0 Å². The Bertz CT molecular complexity index is 362. The summed E-state index contributed by atoms with van der Waals surface area (Å²) in [6.45, 7) is 3.40. The highest BCUT2D eigenvalue weighted by atomic mass is 16.5. The number of rotatable bonds is 2. The number of hydrogen-bond donors (Lipinski definition) is 0. The van der Waals surface area contributed by atoms with Crippen LogP contribution in [0.1, 0.15) is 12.8 Å². The second-order valence-electron chi connectivity index (χ2n) is 5.13. The van der Waals surface area contributed by atoms with Crippen molar-refractivity contribution in [3.63, 3.8) is 0 Å². The number of ether oxygens (including phenoxy) is 1. The fraction of sp³-hybridized carbons (Fsp3) is 0.692. The molecule has 0 aromatic carbocycles. The molecule has 5 nitrogen and oxygen atoms in total. The van der Waals surface area contributed by atoms with Gasteiger partial charge in [-0.25, -0.2) is 0 Å². The van der Waals surface area contributed by atoms with Crippen molar-refractivity contribution < 1.29 is 14.3 Å². The predicted octanol–water partition coefficient (Wildman–Crippen LogP) is 0.227. The van der Waals surface area contributed by atoms with E-state index in [9.17, 15) is 9.59 Å². The van der Waals surface area contributed by atoms with Gasteiger partial charge in [-0.3, -0.25) is 19.4 Å². The average molecular weight is 250 g/mol. The zero-order valence-corrected chi connectivity index (χ0v) is 10.4. The molecule has 3 aliphatic rings. The van der Waals surface area contributed by atoms with Crippen molar-refractivity contribution in [2.45, 2.75) is 12.8 Å². The molecule has 1 aliphatic carbocycles. The lowest BCUT2D eigenvalue weighted by molar-refractivity contribution is -0.143. The number of nitrogens with zero attached hydrogens (tertiary/aromatic N) is 2. The first-order valence-corrected chi connectivity index (χ1v) is 6.57. The Morgan fingerprint density at radius 1 is 1.06 bits per heavy atom. The van der Waals surface area contributed by atoms with Crippen molar-refractivity contribution in [3.8, 4) is 0 Å². The molecule has 0 N–H and O–H groups in total. The summed E-state index contributed by atoms with van der Waals surface area (Å²) in [5.41, 5.74) is 0. The van der Waals surface area contributed by atoms with Gasteiger partial charge in [-0.15, -0.1) is 0 Å². The largest absolute Gasteiger partial charge is 0.379 e. The van der Waals surface area contributed by atoms with Crippen molar-refractivity contribution in [3.05, 3.63) is 12.2 Å². The van der Waals surface area contributed by atoms with Crippen LogP contribution in [0.4, 0.5) is 0 Å². The molecule has 3 rings (SSSR count). The Kier molecular flexibility index (Phi) is 3.18. The quantitative estimate of drug-likeness (QED) is 0.520. The van der Waals surface area contributed by atoms with Gasteiger partial charge in [-0.1, -0.05) is 12.2 Å². The van der Waals surface area contributed by atoms with Crippen LogP contribution in [0.3, 0.4) is 0 Å². The van der Waals surface area contributed by atoms with Crippen LogP contribution in [-0.4, -0.2) is 54.6 Å². The number of imide groups is 1. The second kappa shape index (κ2) is 4.82. The number of hydrogen-bond acceptors (Lipinski definition) is 4. The van der Waals surface area contributed by atoms with Gasteiger partial charge in [-0.05, 0) is 12.8 Å². The van der Waals surface area contributed by atoms with Gasteiger partial charge in [0.2, 0.25) is 11.8 Å². The zero-order chi connectivity index (χ0) is 12.5. The maximum absolute atomic E-state index is 12.2. The van der Waals surface area contributed by atoms with Crippen molar-refractivity contribution in [2.75, 3.05) is 33.0 Å². The molecule has 2 aliphatic heterocycles. The summed E-state index contributed by atoms with van der Waals surface area (Å²) < 4.78 is 5.27. The summed E-state index contributed by atoms with van der Waals surface area (Å²) in [6, 6.07) is 0. The second-order valence-corrected chi connectivity index (χ2v) is 5.13. The van der Waals surface area contributed by atoms with Crippen LogP contribution < -0.4 is 0 Å². The molecule has 5 heteroatoms. The molecule has 0 radical (unpaired) electrons. The fourth-order valence-corrected chi connectivity index (χ4v) is 2.95. The van der Waals surface area contributed by atoms with Gasteiger partial charge >= 0.3 is 0 Å². The number of allylic oxidation sites excluding steroid dienone is 2. The first kappa shape index (κ1) is 11.9. The SMILES string of the molecule is O=C1[C@H]2CC=CC[C@H]2C(=O)N1CN1CCOCC1. The Labute approximate surface area is 106 Å². The van der Waals surface area contributed by atoms with Crippen molar-refractivity contribution >= 4 is 11.8 Å². The molecule has 0 saturated carbocycles. The molecule has 0 aromatic rings. The molecule has 0 aromatic heterocycles. The Hall–Kier alpha value is -1.20. The summed E-state index contributed by atoms with van der Waals surface area (Å²) in [6.07, 6.45) is 5.47. The van der Waals surface area contributed by atoms with Crippen molar-refractivity contribution in [1.29, 1.82) is 0 Å². The lowest BCUT2D eigenvalue weighted by atomic mass is 9.85. The molecule has 0 bridgehead atoms. The summed E-state index contributed by atoms with van der Waals surface area (Å²) in [5, 5.41) is 0. The molecule has 2 atom stereocenters. The summed E-state index contributed by atoms with van der Waals surface area (Å²) in [5.74, 6) is -0.186. The highest BCUT2D eigenvalue weighted by molar-refractivity contribution is 6.05. The van der Waals surface area contributed by atoms with Crippen LogP contribution >= 0.6 is 0 Å². The topological polar surface area (TPSA) is 49.9 Å². The minimum absolute atomic E-state index is 0.0147. The summed E-state index contributed by atoms with van der Waals surface area (Å²) in [7, 11) is 0. The van der Waals surface area contributed by atoms with Crippen LogP contribution in [0.2, 0.25) is 0 Å². The van der Waals surface area contributed by atoms with Crippen molar-refractivity contribution in [2.24, 2.45) is 11.8 Å². The van der Waals surface area contributed by atoms with E-state index in [-0.39, 0.29) is 23.7 Å². The number of amides is 2. The minimum atomic E-state index is -0.108. The van der Waals surface area contributed by atoms with Crippen LogP contribution in [0.25, 0.3) is 0 Å². The molecule has 2 saturated heterocycles. The molecule has 2 amide bonds. The van der Waals surface area contributed by atoms with Gasteiger partial charge < -0.3 is 4.74 Å². The van der Waals surface area contributed by atoms with E-state index in [2.05, 4.69) is 4.90 Å². The molecule has 2 fully saturated rings. The Morgan fingerprint density at radius 2 is 1.61 bits per heavy atom. The third kappa shape index (κ3) is 1.97. The summed E-state index contributed by atoms with van der Waals surface area (Å²) in [4.78, 5) is 28.0. The van der Waals surface area contributed by atoms with E-state index in [4.69, 9.17) is 4.74 Å². The van der Waals surface area contributed by atoms with E-state index < -0.39 is 0 Å². The number of likely N-dealkylation sites (tertiary alicyclic amines) is 1. The van der Waals surface area contributed by atoms with Gasteiger partial charge in [0.05, 0.1) is 31.7 Å². The van der Waals surface area contributed by atoms with Crippen molar-refractivity contribution in [1.82, 2.24) is 9.80 Å². The Morgan fingerprint density at radius 3 is 2.17 bits per heavy atom. The van der Waals surface area contributed by atoms with Gasteiger partial charge in [0.25, 0.3) is 0 Å². The van der Waals surface area contributed by atoms with Gasteiger partial charge in [-0.2, -0.15) is 0 Å². The average Bonchev–Trinajstić information content (AvgIpc) is 2.66. The van der Waals surface area contributed by atoms with Gasteiger partial charge in [0.15, 0.2) is 0 Å². The van der Waals surface area contributed by atoms with E-state index in [0.29, 0.717) is 19.9 Å². The third-order valence-corrected chi connectivity index (χ3v) is 4.04. The fourth-order valence-electron chi connectivity index (χ4n) is 2.95. The maximum Gasteiger partial charge on any atom is 0.234 e. The lowest BCUT2D eigenvalue weighted by Gasteiger charge is -2.29. The minimum Gasteiger partial charge on any atom is -0.379 e. The number of fused-ring (bicyclic) bond motifs is 1. The van der Waals surface area contributed by atoms with Crippen LogP contribution in [0, 0.1) is 11.8 Å². The standard InChI is InChI=1S/C13H18N2O3/c16-12-10-3-1-2-4-11(10)13(17)15(12)9-14-5-7-18-8-6-14/h1-2,10-11H,3-9H2/t10-,11+. The Balaban J connectivity index is 1.69. The smallest absolute Gasteiger partial charge is 0.234 e. The number of carbonyl (C=O) groups is 2. The molecule has 2 heterocycles. The monoisotopic (exact) mass is 250 g/mol. The molecular weight excluding hydrogens is 232 g/mol. The van der Waals surface area contributed by atoms with E-state index in [1.54, 1.807) is 0 Å². The molecular formula is C13H18N2O3. The molecule has 0 unspecified atom stereocenters. The zero-order valence-electron chi connectivity index (χ0n) is 10.4. The summed E-state index contributed by atoms with van der Waals surface area (Å²) >= 11 is 0. The normalized spacial score (nSPS) is 33.0. The highest BCUT2D eigenvalue weighted by Crippen LogP contribution is 2.35. The number of carbonyl (C=O) groups excluding carboxylic acids is 2. The van der Waals surface area contributed by atoms with Crippen LogP contribution in [0.5, 0.6) is 0 Å². The first-order valence-electron chi connectivity index (χ1n) is 6.57. The predicted molar refractivity (Wildman–Crippen MR) is 64.5 cm³/mol.